The summed E-state index contributed by atoms with van der Waals surface area (Å²) in [5, 5.41) is 9.52. The fourth-order valence-electron chi connectivity index (χ4n) is 2.74. The van der Waals surface area contributed by atoms with Gasteiger partial charge in [-0.05, 0) is 54.1 Å². The molecule has 0 saturated carbocycles. The topological polar surface area (TPSA) is 52.8 Å². The number of methoxy groups -OCH3 is 1. The molecule has 0 amide bonds. The van der Waals surface area contributed by atoms with Crippen LogP contribution in [0.1, 0.15) is 5.56 Å². The highest BCUT2D eigenvalue weighted by atomic mass is 32.2. The Morgan fingerprint density at radius 2 is 1.79 bits per heavy atom. The molecule has 0 spiro atoms. The van der Waals surface area contributed by atoms with E-state index in [1.807, 2.05) is 41.0 Å². The van der Waals surface area contributed by atoms with Gasteiger partial charge in [-0.1, -0.05) is 23.9 Å². The summed E-state index contributed by atoms with van der Waals surface area (Å²) in [4.78, 5) is 4.19. The number of thioether (sulfide) groups is 1. The highest BCUT2D eigenvalue weighted by molar-refractivity contribution is 7.98. The Morgan fingerprint density at radius 3 is 2.46 bits per heavy atom. The number of halogens is 1. The molecule has 0 bridgehead atoms. The number of rotatable bonds is 6. The Balaban J connectivity index is 1.71. The first kappa shape index (κ1) is 18.2. The summed E-state index contributed by atoms with van der Waals surface area (Å²) < 4.78 is 20.4. The van der Waals surface area contributed by atoms with E-state index in [1.165, 1.54) is 12.1 Å². The van der Waals surface area contributed by atoms with Crippen LogP contribution in [0.3, 0.4) is 0 Å². The third-order valence-electron chi connectivity index (χ3n) is 4.16. The number of nitrogens with zero attached hydrogens (tertiary/aromatic N) is 4. The van der Waals surface area contributed by atoms with E-state index in [1.54, 1.807) is 43.4 Å². The number of pyridine rings is 1. The molecule has 0 aliphatic carbocycles. The molecule has 2 heterocycles. The molecule has 2 aromatic heterocycles. The van der Waals surface area contributed by atoms with Crippen molar-refractivity contribution in [1.82, 2.24) is 19.7 Å². The molecule has 7 heteroatoms. The van der Waals surface area contributed by atoms with E-state index in [2.05, 4.69) is 15.2 Å². The van der Waals surface area contributed by atoms with Gasteiger partial charge in [-0.15, -0.1) is 10.2 Å². The third kappa shape index (κ3) is 3.89. The molecule has 0 atom stereocenters. The number of aromatic nitrogens is 4. The van der Waals surface area contributed by atoms with Crippen LogP contribution in [-0.4, -0.2) is 26.9 Å². The molecular weight excluding hydrogens is 375 g/mol. The predicted octanol–water partition coefficient (Wildman–Crippen LogP) is 4.77. The van der Waals surface area contributed by atoms with Crippen LogP contribution in [0.2, 0.25) is 0 Å². The largest absolute Gasteiger partial charge is 0.497 e. The summed E-state index contributed by atoms with van der Waals surface area (Å²) in [7, 11) is 1.64. The summed E-state index contributed by atoms with van der Waals surface area (Å²) in [5.74, 6) is 1.90. The summed E-state index contributed by atoms with van der Waals surface area (Å²) in [6, 6.07) is 18.0. The van der Waals surface area contributed by atoms with Gasteiger partial charge in [0, 0.05) is 29.4 Å². The van der Waals surface area contributed by atoms with Crippen molar-refractivity contribution in [2.24, 2.45) is 0 Å². The smallest absolute Gasteiger partial charge is 0.196 e. The van der Waals surface area contributed by atoms with Crippen molar-refractivity contribution in [1.29, 1.82) is 0 Å². The fraction of sp³-hybridized carbons (Fsp3) is 0.0952. The first-order valence-electron chi connectivity index (χ1n) is 8.62. The van der Waals surface area contributed by atoms with Crippen molar-refractivity contribution >= 4 is 11.8 Å². The second kappa shape index (κ2) is 8.22. The summed E-state index contributed by atoms with van der Waals surface area (Å²) in [5.41, 5.74) is 2.81. The number of hydrogen-bond donors (Lipinski definition) is 0. The maximum atomic E-state index is 13.1. The highest BCUT2D eigenvalue weighted by Crippen LogP contribution is 2.30. The SMILES string of the molecule is COc1ccc(-n2c(SCc3ccc(F)cc3)nnc2-c2cccnc2)cc1. The molecular formula is C21H17FN4OS. The Morgan fingerprint density at radius 1 is 1.00 bits per heavy atom. The van der Waals surface area contributed by atoms with Crippen molar-refractivity contribution in [2.75, 3.05) is 7.11 Å². The van der Waals surface area contributed by atoms with Gasteiger partial charge in [0.05, 0.1) is 7.11 Å². The maximum absolute atomic E-state index is 13.1. The average Bonchev–Trinajstić information content (AvgIpc) is 3.18. The maximum Gasteiger partial charge on any atom is 0.196 e. The normalized spacial score (nSPS) is 10.8. The van der Waals surface area contributed by atoms with Gasteiger partial charge in [-0.3, -0.25) is 9.55 Å². The van der Waals surface area contributed by atoms with Gasteiger partial charge in [0.2, 0.25) is 0 Å². The van der Waals surface area contributed by atoms with Gasteiger partial charge in [-0.2, -0.15) is 0 Å². The molecule has 0 aliphatic rings. The molecule has 0 fully saturated rings. The standard InChI is InChI=1S/C21H17FN4OS/c1-27-19-10-8-18(9-11-19)26-20(16-3-2-12-23-13-16)24-25-21(26)28-14-15-4-6-17(22)7-5-15/h2-13H,14H2,1H3. The van der Waals surface area contributed by atoms with Gasteiger partial charge in [0.15, 0.2) is 11.0 Å². The van der Waals surface area contributed by atoms with Crippen molar-refractivity contribution in [3.63, 3.8) is 0 Å². The summed E-state index contributed by atoms with van der Waals surface area (Å²) in [6.07, 6.45) is 3.49. The van der Waals surface area contributed by atoms with E-state index in [0.717, 1.165) is 27.7 Å². The van der Waals surface area contributed by atoms with Crippen LogP contribution in [0.4, 0.5) is 4.39 Å². The van der Waals surface area contributed by atoms with Crippen LogP contribution < -0.4 is 4.74 Å². The van der Waals surface area contributed by atoms with Gasteiger partial charge < -0.3 is 4.74 Å². The Labute approximate surface area is 166 Å². The lowest BCUT2D eigenvalue weighted by atomic mass is 10.2. The van der Waals surface area contributed by atoms with Crippen LogP contribution in [0.5, 0.6) is 5.75 Å². The zero-order chi connectivity index (χ0) is 19.3. The molecule has 140 valence electrons. The monoisotopic (exact) mass is 392 g/mol. The molecule has 2 aromatic carbocycles. The molecule has 5 nitrogen and oxygen atoms in total. The molecule has 0 aliphatic heterocycles. The lowest BCUT2D eigenvalue weighted by Gasteiger charge is -2.11. The summed E-state index contributed by atoms with van der Waals surface area (Å²) in [6.45, 7) is 0. The minimum absolute atomic E-state index is 0.242. The molecule has 4 aromatic rings. The van der Waals surface area contributed by atoms with Crippen molar-refractivity contribution in [3.05, 3.63) is 84.4 Å². The van der Waals surface area contributed by atoms with Gasteiger partial charge in [0.1, 0.15) is 11.6 Å². The van der Waals surface area contributed by atoms with E-state index in [9.17, 15) is 4.39 Å². The minimum atomic E-state index is -0.242. The van der Waals surface area contributed by atoms with Crippen LogP contribution >= 0.6 is 11.8 Å². The third-order valence-corrected chi connectivity index (χ3v) is 5.17. The van der Waals surface area contributed by atoms with E-state index < -0.39 is 0 Å². The fourth-order valence-corrected chi connectivity index (χ4v) is 3.65. The molecule has 4 rings (SSSR count). The minimum Gasteiger partial charge on any atom is -0.497 e. The Hall–Kier alpha value is -3.19. The number of benzene rings is 2. The lowest BCUT2D eigenvalue weighted by molar-refractivity contribution is 0.414. The number of ether oxygens (including phenoxy) is 1. The second-order valence-electron chi connectivity index (χ2n) is 6.00. The van der Waals surface area contributed by atoms with Crippen LogP contribution in [0.25, 0.3) is 17.1 Å². The Bertz CT molecular complexity index is 1050. The first-order valence-corrected chi connectivity index (χ1v) is 9.60. The molecule has 0 saturated heterocycles. The second-order valence-corrected chi connectivity index (χ2v) is 6.94. The zero-order valence-corrected chi connectivity index (χ0v) is 15.9. The summed E-state index contributed by atoms with van der Waals surface area (Å²) >= 11 is 1.54. The van der Waals surface area contributed by atoms with Crippen molar-refractivity contribution in [3.8, 4) is 22.8 Å². The van der Waals surface area contributed by atoms with Crippen LogP contribution in [0, 0.1) is 5.82 Å². The molecule has 28 heavy (non-hydrogen) atoms. The van der Waals surface area contributed by atoms with E-state index in [4.69, 9.17) is 4.74 Å². The van der Waals surface area contributed by atoms with E-state index in [0.29, 0.717) is 11.6 Å². The number of hydrogen-bond acceptors (Lipinski definition) is 5. The van der Waals surface area contributed by atoms with Crippen molar-refractivity contribution in [2.45, 2.75) is 10.9 Å². The van der Waals surface area contributed by atoms with Crippen molar-refractivity contribution < 1.29 is 9.13 Å². The average molecular weight is 392 g/mol. The zero-order valence-electron chi connectivity index (χ0n) is 15.1. The molecule has 0 N–H and O–H groups in total. The first-order chi connectivity index (χ1) is 13.7. The van der Waals surface area contributed by atoms with E-state index >= 15 is 0 Å². The predicted molar refractivity (Wildman–Crippen MR) is 107 cm³/mol. The highest BCUT2D eigenvalue weighted by Gasteiger charge is 2.16. The van der Waals surface area contributed by atoms with Gasteiger partial charge in [0.25, 0.3) is 0 Å². The quantitative estimate of drug-likeness (QED) is 0.443. The van der Waals surface area contributed by atoms with E-state index in [-0.39, 0.29) is 5.82 Å². The molecule has 0 unspecified atom stereocenters. The lowest BCUT2D eigenvalue weighted by Crippen LogP contribution is -2.00. The van der Waals surface area contributed by atoms with Crippen LogP contribution in [0.15, 0.2) is 78.2 Å². The van der Waals surface area contributed by atoms with Gasteiger partial charge >= 0.3 is 0 Å². The Kier molecular flexibility index (Phi) is 5.34. The molecule has 0 radical (unpaired) electrons. The van der Waals surface area contributed by atoms with Gasteiger partial charge in [-0.25, -0.2) is 4.39 Å². The van der Waals surface area contributed by atoms with Crippen LogP contribution in [-0.2, 0) is 5.75 Å².